The van der Waals surface area contributed by atoms with Gasteiger partial charge in [0.2, 0.25) is 0 Å². The van der Waals surface area contributed by atoms with Crippen molar-refractivity contribution in [2.24, 2.45) is 0 Å². The summed E-state index contributed by atoms with van der Waals surface area (Å²) in [5.41, 5.74) is 1.18. The minimum absolute atomic E-state index is 0.0512. The molecular weight excluding hydrogens is 364 g/mol. The van der Waals surface area contributed by atoms with E-state index in [9.17, 15) is 9.59 Å². The van der Waals surface area contributed by atoms with Gasteiger partial charge in [-0.3, -0.25) is 10.1 Å². The Morgan fingerprint density at radius 2 is 1.88 bits per heavy atom. The molecule has 0 aliphatic carbocycles. The van der Waals surface area contributed by atoms with Gasteiger partial charge >= 0.3 is 5.97 Å². The largest absolute Gasteiger partial charge is 0.484 e. The molecule has 2 rings (SSSR count). The summed E-state index contributed by atoms with van der Waals surface area (Å²) in [5, 5.41) is 15.0. The third-order valence-electron chi connectivity index (χ3n) is 3.25. The fraction of sp³-hybridized carbons (Fsp3) is 0.118. The molecular formula is C17H15ClN2O4S. The zero-order valence-corrected chi connectivity index (χ0v) is 14.8. The molecule has 0 atom stereocenters. The number of carboxylic acid groups (broad SMARTS) is 1. The number of thiocarbonyl (C=S) groups is 1. The van der Waals surface area contributed by atoms with Crippen LogP contribution in [0.1, 0.15) is 15.9 Å². The van der Waals surface area contributed by atoms with Crippen LogP contribution in [0, 0.1) is 6.92 Å². The van der Waals surface area contributed by atoms with Crippen LogP contribution in [0.15, 0.2) is 42.5 Å². The third kappa shape index (κ3) is 5.44. The number of carboxylic acids is 1. The topological polar surface area (TPSA) is 87.7 Å². The Bertz CT molecular complexity index is 809. The molecule has 6 nitrogen and oxygen atoms in total. The molecule has 0 unspecified atom stereocenters. The number of amides is 1. The summed E-state index contributed by atoms with van der Waals surface area (Å²) in [7, 11) is 0. The highest BCUT2D eigenvalue weighted by molar-refractivity contribution is 7.80. The second kappa shape index (κ2) is 8.46. The zero-order chi connectivity index (χ0) is 18.4. The Kier molecular flexibility index (Phi) is 6.32. The highest BCUT2D eigenvalue weighted by Crippen LogP contribution is 2.19. The first-order valence-corrected chi connectivity index (χ1v) is 7.97. The maximum atomic E-state index is 11.9. The van der Waals surface area contributed by atoms with E-state index in [2.05, 4.69) is 10.6 Å². The van der Waals surface area contributed by atoms with Crippen molar-refractivity contribution < 1.29 is 19.4 Å². The van der Waals surface area contributed by atoms with Crippen LogP contribution in [0.2, 0.25) is 5.02 Å². The van der Waals surface area contributed by atoms with E-state index in [0.29, 0.717) is 22.0 Å². The second-order valence-corrected chi connectivity index (χ2v) is 5.87. The van der Waals surface area contributed by atoms with E-state index in [1.54, 1.807) is 43.3 Å². The molecule has 0 aliphatic rings. The molecule has 0 aliphatic heterocycles. The summed E-state index contributed by atoms with van der Waals surface area (Å²) < 4.78 is 5.31. The van der Waals surface area contributed by atoms with Crippen LogP contribution >= 0.6 is 23.8 Å². The Balaban J connectivity index is 1.89. The lowest BCUT2D eigenvalue weighted by Crippen LogP contribution is -2.37. The van der Waals surface area contributed by atoms with Gasteiger partial charge in [0.15, 0.2) is 11.7 Å². The summed E-state index contributed by atoms with van der Waals surface area (Å²) in [6.45, 7) is 1.43. The van der Waals surface area contributed by atoms with Crippen molar-refractivity contribution in [2.45, 2.75) is 6.92 Å². The first kappa shape index (κ1) is 18.7. The number of nitrogens with one attached hydrogen (secondary N) is 2. The SMILES string of the molecule is Cc1c(NC(=S)NC(=O)COc2ccc(Cl)cc2)cccc1C(=O)O. The van der Waals surface area contributed by atoms with E-state index in [0.717, 1.165) is 0 Å². The van der Waals surface area contributed by atoms with E-state index in [1.165, 1.54) is 6.07 Å². The third-order valence-corrected chi connectivity index (χ3v) is 3.71. The van der Waals surface area contributed by atoms with Gasteiger partial charge in [0, 0.05) is 10.7 Å². The quantitative estimate of drug-likeness (QED) is 0.692. The first-order chi connectivity index (χ1) is 11.9. The molecule has 0 fully saturated rings. The first-order valence-electron chi connectivity index (χ1n) is 7.19. The molecule has 2 aromatic carbocycles. The van der Waals surface area contributed by atoms with Gasteiger partial charge in [-0.25, -0.2) is 4.79 Å². The summed E-state index contributed by atoms with van der Waals surface area (Å²) in [6.07, 6.45) is 0. The van der Waals surface area contributed by atoms with Crippen molar-refractivity contribution in [2.75, 3.05) is 11.9 Å². The predicted octanol–water partition coefficient (Wildman–Crippen LogP) is 3.24. The molecule has 0 aromatic heterocycles. The maximum Gasteiger partial charge on any atom is 0.336 e. The number of carbonyl (C=O) groups excluding carboxylic acids is 1. The van der Waals surface area contributed by atoms with Crippen LogP contribution < -0.4 is 15.4 Å². The van der Waals surface area contributed by atoms with Gasteiger partial charge in [-0.05, 0) is 61.1 Å². The minimum atomic E-state index is -1.03. The summed E-state index contributed by atoms with van der Waals surface area (Å²) in [6, 6.07) is 11.3. The lowest BCUT2D eigenvalue weighted by Gasteiger charge is -2.13. The standard InChI is InChI=1S/C17H15ClN2O4S/c1-10-13(16(22)23)3-2-4-14(10)19-17(25)20-15(21)9-24-12-7-5-11(18)6-8-12/h2-8H,9H2,1H3,(H,22,23)(H2,19,20,21,25). The highest BCUT2D eigenvalue weighted by atomic mass is 35.5. The average Bonchev–Trinajstić information content (AvgIpc) is 2.56. The van der Waals surface area contributed by atoms with E-state index >= 15 is 0 Å². The van der Waals surface area contributed by atoms with Crippen molar-refractivity contribution >= 4 is 46.5 Å². The predicted molar refractivity (Wildman–Crippen MR) is 99.4 cm³/mol. The lowest BCUT2D eigenvalue weighted by atomic mass is 10.1. The fourth-order valence-electron chi connectivity index (χ4n) is 2.00. The summed E-state index contributed by atoms with van der Waals surface area (Å²) >= 11 is 10.8. The van der Waals surface area contributed by atoms with Crippen molar-refractivity contribution in [1.29, 1.82) is 0 Å². The van der Waals surface area contributed by atoms with E-state index < -0.39 is 11.9 Å². The van der Waals surface area contributed by atoms with Crippen LogP contribution in [-0.2, 0) is 4.79 Å². The highest BCUT2D eigenvalue weighted by Gasteiger charge is 2.12. The van der Waals surface area contributed by atoms with Gasteiger partial charge in [0.05, 0.1) is 5.56 Å². The molecule has 25 heavy (non-hydrogen) atoms. The number of halogens is 1. The van der Waals surface area contributed by atoms with Crippen LogP contribution in [0.3, 0.4) is 0 Å². The molecule has 130 valence electrons. The Morgan fingerprint density at radius 3 is 2.52 bits per heavy atom. The second-order valence-electron chi connectivity index (χ2n) is 5.03. The number of hydrogen-bond acceptors (Lipinski definition) is 4. The van der Waals surface area contributed by atoms with Crippen LogP contribution in [0.5, 0.6) is 5.75 Å². The molecule has 0 saturated heterocycles. The van der Waals surface area contributed by atoms with E-state index in [4.69, 9.17) is 33.7 Å². The number of hydrogen-bond donors (Lipinski definition) is 3. The number of ether oxygens (including phenoxy) is 1. The molecule has 0 saturated carbocycles. The zero-order valence-electron chi connectivity index (χ0n) is 13.2. The van der Waals surface area contributed by atoms with Gasteiger partial charge in [0.25, 0.3) is 5.91 Å². The lowest BCUT2D eigenvalue weighted by molar-refractivity contribution is -0.121. The van der Waals surface area contributed by atoms with Gasteiger partial charge in [-0.1, -0.05) is 17.7 Å². The van der Waals surface area contributed by atoms with Crippen LogP contribution in [-0.4, -0.2) is 28.7 Å². The maximum absolute atomic E-state index is 11.9. The fourth-order valence-corrected chi connectivity index (χ4v) is 2.35. The number of carbonyl (C=O) groups is 2. The van der Waals surface area contributed by atoms with Crippen LogP contribution in [0.25, 0.3) is 0 Å². The van der Waals surface area contributed by atoms with Crippen LogP contribution in [0.4, 0.5) is 5.69 Å². The van der Waals surface area contributed by atoms with Crippen molar-refractivity contribution in [3.05, 3.63) is 58.6 Å². The summed E-state index contributed by atoms with van der Waals surface area (Å²) in [5.74, 6) is -0.976. The van der Waals surface area contributed by atoms with Gasteiger partial charge in [0.1, 0.15) is 5.75 Å². The van der Waals surface area contributed by atoms with E-state index in [-0.39, 0.29) is 17.3 Å². The monoisotopic (exact) mass is 378 g/mol. The Hall–Kier alpha value is -2.64. The Labute approximate surface area is 154 Å². The van der Waals surface area contributed by atoms with Crippen molar-refractivity contribution in [3.8, 4) is 5.75 Å². The minimum Gasteiger partial charge on any atom is -0.484 e. The number of aromatic carboxylic acids is 1. The molecule has 0 heterocycles. The number of anilines is 1. The van der Waals surface area contributed by atoms with Crippen molar-refractivity contribution in [1.82, 2.24) is 5.32 Å². The number of rotatable bonds is 5. The number of benzene rings is 2. The molecule has 0 spiro atoms. The molecule has 1 amide bonds. The normalized spacial score (nSPS) is 10.0. The Morgan fingerprint density at radius 1 is 1.20 bits per heavy atom. The molecule has 0 bridgehead atoms. The van der Waals surface area contributed by atoms with Gasteiger partial charge in [-0.15, -0.1) is 0 Å². The van der Waals surface area contributed by atoms with Gasteiger partial charge < -0.3 is 15.2 Å². The average molecular weight is 379 g/mol. The van der Waals surface area contributed by atoms with E-state index in [1.807, 2.05) is 0 Å². The molecule has 8 heteroatoms. The smallest absolute Gasteiger partial charge is 0.336 e. The van der Waals surface area contributed by atoms with Gasteiger partial charge in [-0.2, -0.15) is 0 Å². The summed E-state index contributed by atoms with van der Waals surface area (Å²) in [4.78, 5) is 23.0. The van der Waals surface area contributed by atoms with Crippen molar-refractivity contribution in [3.63, 3.8) is 0 Å². The molecule has 3 N–H and O–H groups in total. The molecule has 0 radical (unpaired) electrons. The molecule has 2 aromatic rings.